The highest BCUT2D eigenvalue weighted by Gasteiger charge is 1.91. The number of esters is 2. The van der Waals surface area contributed by atoms with Gasteiger partial charge in [-0.2, -0.15) is 0 Å². The molecule has 0 atom stereocenters. The maximum atomic E-state index is 10.7. The van der Waals surface area contributed by atoms with Crippen molar-refractivity contribution < 1.29 is 34.4 Å². The van der Waals surface area contributed by atoms with Crippen molar-refractivity contribution >= 4 is 27.9 Å². The van der Waals surface area contributed by atoms with Crippen LogP contribution in [0.3, 0.4) is 0 Å². The first kappa shape index (κ1) is 31.5. The lowest BCUT2D eigenvalue weighted by Crippen LogP contribution is -1.98. The largest absolute Gasteiger partial charge is 0.463 e. The Kier molecular flexibility index (Phi) is 34.3. The summed E-state index contributed by atoms with van der Waals surface area (Å²) in [5, 5.41) is 25.5. The molecule has 8 heteroatoms. The third-order valence-corrected chi connectivity index (χ3v) is 3.24. The van der Waals surface area contributed by atoms with Gasteiger partial charge < -0.3 is 24.8 Å². The molecule has 166 valence electrons. The Hall–Kier alpha value is -1.22. The van der Waals surface area contributed by atoms with Crippen molar-refractivity contribution in [1.82, 2.24) is 0 Å². The number of rotatable bonds is 13. The second-order valence-electron chi connectivity index (χ2n) is 5.16. The number of hydrogen-bond donors (Lipinski definition) is 3. The Morgan fingerprint density at radius 2 is 1.14 bits per heavy atom. The third kappa shape index (κ3) is 35.8. The zero-order chi connectivity index (χ0) is 21.9. The van der Waals surface area contributed by atoms with E-state index in [0.29, 0.717) is 19.6 Å². The number of ether oxygens (including phenoxy) is 2. The number of allylic oxidation sites excluding steroid dienone is 2. The molecule has 0 bridgehead atoms. The van der Waals surface area contributed by atoms with Gasteiger partial charge in [-0.05, 0) is 52.4 Å². The highest BCUT2D eigenvalue weighted by Crippen LogP contribution is 1.95. The molecule has 0 aromatic rings. The second-order valence-corrected chi connectivity index (χ2v) is 5.95. The van der Waals surface area contributed by atoms with E-state index in [1.54, 1.807) is 19.9 Å². The minimum absolute atomic E-state index is 0.160. The van der Waals surface area contributed by atoms with Gasteiger partial charge in [-0.15, -0.1) is 0 Å². The van der Waals surface area contributed by atoms with Gasteiger partial charge in [-0.25, -0.2) is 9.59 Å². The van der Waals surface area contributed by atoms with Crippen molar-refractivity contribution in [3.8, 4) is 0 Å². The van der Waals surface area contributed by atoms with Gasteiger partial charge in [0.05, 0.1) is 13.2 Å². The van der Waals surface area contributed by atoms with Crippen molar-refractivity contribution in [3.63, 3.8) is 0 Å². The van der Waals surface area contributed by atoms with Gasteiger partial charge in [-0.3, -0.25) is 0 Å². The Balaban J connectivity index is -0.000000351. The molecular formula is C20H37BrO7. The van der Waals surface area contributed by atoms with Crippen molar-refractivity contribution in [1.29, 1.82) is 0 Å². The molecule has 0 aliphatic heterocycles. The summed E-state index contributed by atoms with van der Waals surface area (Å²) in [6.45, 7) is 4.96. The zero-order valence-electron chi connectivity index (χ0n) is 17.1. The molecule has 0 aliphatic rings. The molecule has 0 spiro atoms. The molecule has 0 heterocycles. The fourth-order valence-corrected chi connectivity index (χ4v) is 1.69. The summed E-state index contributed by atoms with van der Waals surface area (Å²) >= 11 is 3.30. The lowest BCUT2D eigenvalue weighted by Gasteiger charge is -1.93. The lowest BCUT2D eigenvalue weighted by atomic mass is 10.3. The molecule has 28 heavy (non-hydrogen) atoms. The van der Waals surface area contributed by atoms with E-state index in [1.807, 2.05) is 6.08 Å². The Bertz CT molecular complexity index is 349. The number of aliphatic hydroxyl groups excluding tert-OH is 3. The molecule has 0 saturated carbocycles. The molecule has 0 fully saturated rings. The molecule has 0 rings (SSSR count). The maximum Gasteiger partial charge on any atom is 0.330 e. The smallest absolute Gasteiger partial charge is 0.330 e. The van der Waals surface area contributed by atoms with Gasteiger partial charge in [-0.1, -0.05) is 28.1 Å². The van der Waals surface area contributed by atoms with E-state index >= 15 is 0 Å². The van der Waals surface area contributed by atoms with Crippen LogP contribution in [-0.2, 0) is 19.1 Å². The van der Waals surface area contributed by atoms with E-state index in [1.165, 1.54) is 12.2 Å². The third-order valence-electron chi connectivity index (χ3n) is 2.68. The molecule has 3 N–H and O–H groups in total. The zero-order valence-corrected chi connectivity index (χ0v) is 18.7. The van der Waals surface area contributed by atoms with Gasteiger partial charge in [0.1, 0.15) is 0 Å². The summed E-state index contributed by atoms with van der Waals surface area (Å²) in [6.07, 6.45) is 11.2. The first-order valence-electron chi connectivity index (χ1n) is 9.58. The predicted octanol–water partition coefficient (Wildman–Crippen LogP) is 2.91. The van der Waals surface area contributed by atoms with Crippen molar-refractivity contribution in [2.24, 2.45) is 0 Å². The van der Waals surface area contributed by atoms with Gasteiger partial charge in [0.15, 0.2) is 0 Å². The van der Waals surface area contributed by atoms with Crippen molar-refractivity contribution in [2.75, 3.05) is 38.4 Å². The van der Waals surface area contributed by atoms with E-state index in [0.717, 1.165) is 37.4 Å². The van der Waals surface area contributed by atoms with Crippen LogP contribution < -0.4 is 0 Å². The van der Waals surface area contributed by atoms with Crippen LogP contribution in [0.15, 0.2) is 24.3 Å². The molecule has 0 unspecified atom stereocenters. The highest BCUT2D eigenvalue weighted by atomic mass is 79.9. The van der Waals surface area contributed by atoms with Crippen LogP contribution >= 0.6 is 15.9 Å². The average Bonchev–Trinajstić information content (AvgIpc) is 2.68. The normalized spacial score (nSPS) is 10.1. The first-order chi connectivity index (χ1) is 13.5. The van der Waals surface area contributed by atoms with Crippen LogP contribution in [0.4, 0.5) is 0 Å². The number of aliphatic hydroxyl groups is 3. The maximum absolute atomic E-state index is 10.7. The SMILES string of the molecule is CCOC(=O)/C=C/CCCBr.CCOC(=O)/C=C/CCCO.OCCCCO. The fraction of sp³-hybridized carbons (Fsp3) is 0.700. The minimum atomic E-state index is -0.314. The molecule has 0 aliphatic carbocycles. The van der Waals surface area contributed by atoms with Crippen LogP contribution in [0.5, 0.6) is 0 Å². The highest BCUT2D eigenvalue weighted by molar-refractivity contribution is 9.09. The van der Waals surface area contributed by atoms with E-state index in [-0.39, 0.29) is 31.8 Å². The molecule has 0 aromatic heterocycles. The average molecular weight is 469 g/mol. The Morgan fingerprint density at radius 1 is 0.750 bits per heavy atom. The number of halogens is 1. The molecule has 0 saturated heterocycles. The number of carbonyl (C=O) groups excluding carboxylic acids is 2. The van der Waals surface area contributed by atoms with E-state index < -0.39 is 0 Å². The summed E-state index contributed by atoms with van der Waals surface area (Å²) < 4.78 is 9.32. The molecule has 0 radical (unpaired) electrons. The molecule has 0 amide bonds. The fourth-order valence-electron chi connectivity index (χ4n) is 1.37. The van der Waals surface area contributed by atoms with Gasteiger partial charge in [0, 0.05) is 37.3 Å². The molecule has 0 aromatic carbocycles. The molecular weight excluding hydrogens is 432 g/mol. The number of alkyl halides is 1. The van der Waals surface area contributed by atoms with Gasteiger partial charge in [0.25, 0.3) is 0 Å². The second kappa shape index (κ2) is 30.5. The van der Waals surface area contributed by atoms with Crippen molar-refractivity contribution in [2.45, 2.75) is 52.4 Å². The summed E-state index contributed by atoms with van der Waals surface area (Å²) in [7, 11) is 0. The number of hydrogen-bond acceptors (Lipinski definition) is 7. The van der Waals surface area contributed by atoms with Crippen LogP contribution in [-0.4, -0.2) is 65.6 Å². The Morgan fingerprint density at radius 3 is 1.46 bits per heavy atom. The summed E-state index contributed by atoms with van der Waals surface area (Å²) in [6, 6.07) is 0. The van der Waals surface area contributed by atoms with E-state index in [9.17, 15) is 9.59 Å². The van der Waals surface area contributed by atoms with Crippen LogP contribution in [0.2, 0.25) is 0 Å². The van der Waals surface area contributed by atoms with Crippen LogP contribution in [0, 0.1) is 0 Å². The Labute approximate surface area is 177 Å². The first-order valence-corrected chi connectivity index (χ1v) is 10.7. The van der Waals surface area contributed by atoms with E-state index in [4.69, 9.17) is 15.3 Å². The number of unbranched alkanes of at least 4 members (excludes halogenated alkanes) is 3. The topological polar surface area (TPSA) is 113 Å². The standard InChI is InChI=1S/C8H13BrO2.C8H14O3.C4H10O2/c2*1-2-11-8(10)6-4-3-5-7-9;5-3-1-2-4-6/h4,6H,2-3,5,7H2,1H3;4,6,9H,2-3,5,7H2,1H3;5-6H,1-4H2/b2*6-4+;. The monoisotopic (exact) mass is 468 g/mol. The quantitative estimate of drug-likeness (QED) is 0.165. The van der Waals surface area contributed by atoms with Crippen LogP contribution in [0.25, 0.3) is 0 Å². The lowest BCUT2D eigenvalue weighted by molar-refractivity contribution is -0.138. The van der Waals surface area contributed by atoms with Crippen molar-refractivity contribution in [3.05, 3.63) is 24.3 Å². The number of carbonyl (C=O) groups is 2. The summed E-state index contributed by atoms with van der Waals surface area (Å²) in [5.41, 5.74) is 0. The van der Waals surface area contributed by atoms with Gasteiger partial charge in [0.2, 0.25) is 0 Å². The van der Waals surface area contributed by atoms with Gasteiger partial charge >= 0.3 is 11.9 Å². The predicted molar refractivity (Wildman–Crippen MR) is 114 cm³/mol. The van der Waals surface area contributed by atoms with Crippen LogP contribution in [0.1, 0.15) is 52.4 Å². The summed E-state index contributed by atoms with van der Waals surface area (Å²) in [5.74, 6) is -0.562. The molecule has 7 nitrogen and oxygen atoms in total. The van der Waals surface area contributed by atoms with E-state index in [2.05, 4.69) is 25.4 Å². The minimum Gasteiger partial charge on any atom is -0.463 e. The summed E-state index contributed by atoms with van der Waals surface area (Å²) in [4.78, 5) is 21.3.